The number of azo groups is 1. The van der Waals surface area contributed by atoms with Crippen molar-refractivity contribution in [3.05, 3.63) is 90.1 Å². The van der Waals surface area contributed by atoms with E-state index in [1.807, 2.05) is 0 Å². The Morgan fingerprint density at radius 2 is 1.43 bits per heavy atom. The van der Waals surface area contributed by atoms with E-state index in [9.17, 15) is 60.9 Å². The van der Waals surface area contributed by atoms with Gasteiger partial charge in [0, 0.05) is 18.5 Å². The average molecular weight is 997 g/mol. The third-order valence-electron chi connectivity index (χ3n) is 9.26. The maximum Gasteiger partial charge on any atom is 0.397 e. The summed E-state index contributed by atoms with van der Waals surface area (Å²) in [5.41, 5.74) is -2.65. The molecule has 0 radical (unpaired) electrons. The van der Waals surface area contributed by atoms with Crippen molar-refractivity contribution < 1.29 is 74.3 Å². The first kappa shape index (κ1) is 46.9. The van der Waals surface area contributed by atoms with Crippen LogP contribution in [-0.4, -0.2) is 119 Å². The molecule has 0 spiro atoms. The Bertz CT molecular complexity index is 3670. The van der Waals surface area contributed by atoms with Gasteiger partial charge in [0.2, 0.25) is 17.2 Å². The second-order valence-corrected chi connectivity index (χ2v) is 21.0. The minimum absolute atomic E-state index is 0.00275. The number of hydrogen-bond donors (Lipinski definition) is 7. The standard InChI is InChI=1S/C35H32N8O17S5/c44-31-29-21(17-28(63(50,51)52)30(31)42-41-26-9-8-20-4-1-2-7-25(20)32(26)64(53,54)55)16-24(62(47,48)49)19-27(29)37-34-38-33(39-35(40-34)43-10-12-59-13-11-43)36-22-5-3-6-23(18-22)61(45,46)15-14-60-65(56,57)58/h1-9,16-19,44H,10-15H2,(H,47,48,49)(H,50,51,52)(H,53,54,55)(H,56,57,58)(H2,36,37,38,39,40). The van der Waals surface area contributed by atoms with Crippen LogP contribution in [0.2, 0.25) is 0 Å². The van der Waals surface area contributed by atoms with Crippen molar-refractivity contribution in [2.75, 3.05) is 43.6 Å². The highest BCUT2D eigenvalue weighted by atomic mass is 32.3. The van der Waals surface area contributed by atoms with Crippen molar-refractivity contribution in [3.8, 4) is 5.75 Å². The van der Waals surface area contributed by atoms with Gasteiger partial charge in [-0.1, -0.05) is 36.4 Å². The Labute approximate surface area is 367 Å². The third-order valence-corrected chi connectivity index (χ3v) is 14.0. The van der Waals surface area contributed by atoms with Crippen LogP contribution in [0.4, 0.5) is 28.7 Å². The number of hydrogen-bond acceptors (Lipinski definition) is 19. The predicted octanol–water partition coefficient (Wildman–Crippen LogP) is 2.80. The van der Waals surface area contributed by atoms with Crippen molar-refractivity contribution in [1.29, 1.82) is 0 Å². The molecular formula is C35H32N8O17S5. The first-order valence-electron chi connectivity index (χ1n) is 18.1. The van der Waals surface area contributed by atoms with E-state index in [1.165, 1.54) is 42.5 Å². The maximum atomic E-state index is 13.0. The quantitative estimate of drug-likeness (QED) is 0.0646. The van der Waals surface area contributed by atoms with Crippen LogP contribution in [0.1, 0.15) is 0 Å². The number of nitrogens with zero attached hydrogens (tertiary/aromatic N) is 6. The fourth-order valence-electron chi connectivity index (χ4n) is 6.44. The Balaban J connectivity index is 1.45. The van der Waals surface area contributed by atoms with E-state index in [2.05, 4.69) is 39.3 Å². The van der Waals surface area contributed by atoms with E-state index >= 15 is 0 Å². The van der Waals surface area contributed by atoms with Gasteiger partial charge in [-0.3, -0.25) is 28.2 Å². The van der Waals surface area contributed by atoms with Crippen molar-refractivity contribution in [2.24, 2.45) is 20.2 Å². The fourth-order valence-corrected chi connectivity index (χ4v) is 10.00. The zero-order valence-corrected chi connectivity index (χ0v) is 36.7. The number of fused-ring (bicyclic) bond motifs is 2. The lowest BCUT2D eigenvalue weighted by Gasteiger charge is -2.26. The molecule has 1 aliphatic heterocycles. The van der Waals surface area contributed by atoms with Crippen LogP contribution in [0.3, 0.4) is 0 Å². The number of rotatable bonds is 13. The maximum absolute atomic E-state index is 13.0. The predicted molar refractivity (Wildman–Crippen MR) is 226 cm³/mol. The molecule has 0 bridgehead atoms. The summed E-state index contributed by atoms with van der Waals surface area (Å²) >= 11 is 0. The summed E-state index contributed by atoms with van der Waals surface area (Å²) in [7, 11) is -24.6. The molecule has 1 aliphatic rings. The van der Waals surface area contributed by atoms with E-state index in [-0.39, 0.29) is 59.5 Å². The number of morpholine rings is 1. The third kappa shape index (κ3) is 10.9. The van der Waals surface area contributed by atoms with Crippen LogP contribution in [-0.2, 0) is 59.5 Å². The number of phenolic OH excluding ortho intramolecular Hbond substituents is 1. The molecule has 65 heavy (non-hydrogen) atoms. The molecule has 2 heterocycles. The number of benzene rings is 5. The van der Waals surface area contributed by atoms with E-state index in [0.29, 0.717) is 11.5 Å². The number of phenols is 1. The van der Waals surface area contributed by atoms with E-state index in [1.54, 1.807) is 11.0 Å². The van der Waals surface area contributed by atoms with Gasteiger partial charge in [-0.15, -0.1) is 10.2 Å². The molecule has 7 rings (SSSR count). The van der Waals surface area contributed by atoms with E-state index < -0.39 is 111 Å². The highest BCUT2D eigenvalue weighted by molar-refractivity contribution is 7.91. The number of H-pyrrole nitrogens is 2. The highest BCUT2D eigenvalue weighted by Crippen LogP contribution is 2.46. The zero-order valence-electron chi connectivity index (χ0n) is 32.6. The topological polar surface area (TPSA) is 387 Å². The molecule has 25 nitrogen and oxygen atoms in total. The normalized spacial score (nSPS) is 15.1. The van der Waals surface area contributed by atoms with Crippen LogP contribution >= 0.6 is 0 Å². The molecule has 7 N–H and O–H groups in total. The summed E-state index contributed by atoms with van der Waals surface area (Å²) < 4.78 is 172. The Hall–Kier alpha value is -6.06. The Morgan fingerprint density at radius 1 is 0.708 bits per heavy atom. The second kappa shape index (κ2) is 17.7. The number of sulfone groups is 1. The molecule has 6 aromatic rings. The Morgan fingerprint density at radius 3 is 2.11 bits per heavy atom. The van der Waals surface area contributed by atoms with Gasteiger partial charge in [0.15, 0.2) is 15.6 Å². The number of aromatic amines is 2. The van der Waals surface area contributed by atoms with Crippen LogP contribution in [0.25, 0.3) is 21.5 Å². The number of aromatic nitrogens is 3. The van der Waals surface area contributed by atoms with Crippen molar-refractivity contribution in [3.63, 3.8) is 0 Å². The molecule has 1 aromatic heterocycles. The fraction of sp³-hybridized carbons (Fsp3) is 0.171. The highest BCUT2D eigenvalue weighted by Gasteiger charge is 2.27. The smallest absolute Gasteiger partial charge is 0.397 e. The van der Waals surface area contributed by atoms with Gasteiger partial charge in [0.1, 0.15) is 21.2 Å². The summed E-state index contributed by atoms with van der Waals surface area (Å²) in [4.78, 5) is 17.5. The van der Waals surface area contributed by atoms with Crippen LogP contribution in [0.15, 0.2) is 119 Å². The minimum Gasteiger partial charge on any atom is -0.505 e. The van der Waals surface area contributed by atoms with Crippen molar-refractivity contribution in [2.45, 2.75) is 19.6 Å². The molecular weight excluding hydrogens is 965 g/mol. The van der Waals surface area contributed by atoms with Gasteiger partial charge < -0.3 is 14.7 Å². The molecule has 0 atom stereocenters. The number of anilines is 1. The zero-order chi connectivity index (χ0) is 47.1. The lowest BCUT2D eigenvalue weighted by molar-refractivity contribution is 0.122. The number of ether oxygens (including phenoxy) is 1. The molecule has 30 heteroatoms. The van der Waals surface area contributed by atoms with Gasteiger partial charge in [0.25, 0.3) is 30.4 Å². The molecule has 0 unspecified atom stereocenters. The molecule has 0 amide bonds. The largest absolute Gasteiger partial charge is 0.505 e. The monoisotopic (exact) mass is 996 g/mol. The summed E-state index contributed by atoms with van der Waals surface area (Å²) in [5.74, 6) is -1.89. The lowest BCUT2D eigenvalue weighted by Crippen LogP contribution is -2.40. The molecule has 1 fully saturated rings. The van der Waals surface area contributed by atoms with Gasteiger partial charge in [-0.2, -0.15) is 38.7 Å². The van der Waals surface area contributed by atoms with Gasteiger partial charge in [0.05, 0.1) is 52.1 Å². The minimum atomic E-state index is -5.37. The summed E-state index contributed by atoms with van der Waals surface area (Å²) in [6, 6.07) is 15.7. The van der Waals surface area contributed by atoms with Gasteiger partial charge in [-0.25, -0.2) is 22.6 Å². The van der Waals surface area contributed by atoms with E-state index in [0.717, 1.165) is 24.3 Å². The van der Waals surface area contributed by atoms with Gasteiger partial charge in [-0.05, 0) is 53.2 Å². The van der Waals surface area contributed by atoms with Crippen molar-refractivity contribution >= 4 is 101 Å². The van der Waals surface area contributed by atoms with E-state index in [4.69, 9.17) is 9.29 Å². The van der Waals surface area contributed by atoms with Gasteiger partial charge >= 0.3 is 10.4 Å². The summed E-state index contributed by atoms with van der Waals surface area (Å²) in [6.07, 6.45) is 0. The van der Waals surface area contributed by atoms with Crippen molar-refractivity contribution in [1.82, 2.24) is 15.0 Å². The lowest BCUT2D eigenvalue weighted by atomic mass is 10.1. The molecule has 0 saturated carbocycles. The molecule has 5 aromatic carbocycles. The van der Waals surface area contributed by atoms with Crippen LogP contribution in [0, 0.1) is 0 Å². The number of aromatic hydroxyl groups is 1. The molecule has 344 valence electrons. The van der Waals surface area contributed by atoms with Crippen LogP contribution < -0.4 is 16.1 Å². The molecule has 0 aliphatic carbocycles. The summed E-state index contributed by atoms with van der Waals surface area (Å²) in [5, 5.41) is 18.8. The number of nitrogens with one attached hydrogen (secondary N) is 2. The molecule has 1 saturated heterocycles. The Kier molecular flexibility index (Phi) is 12.8. The average Bonchev–Trinajstić information content (AvgIpc) is 3.21. The second-order valence-electron chi connectivity index (χ2n) is 13.6. The van der Waals surface area contributed by atoms with Crippen LogP contribution in [0.5, 0.6) is 5.75 Å². The first-order chi connectivity index (χ1) is 30.4. The first-order valence-corrected chi connectivity index (χ1v) is 25.5. The summed E-state index contributed by atoms with van der Waals surface area (Å²) in [6.45, 7) is 0.154. The SMILES string of the molecule is O=S(=O)(O)OCCS(=O)(=O)c1cccc(N=c2nc(N3CCOCC3)[nH]c(=Nc3cc(S(=O)(=O)O)cc4cc(S(=O)(=O)O)c(N=Nc5ccc6ccccc6c5S(=O)(=O)O)c(O)c34)[nH]2)c1.